The van der Waals surface area contributed by atoms with Gasteiger partial charge in [-0.3, -0.25) is 10.1 Å². The standard InChI is InChI=1S/C14H13N5/c15-9-10-4-6-11(7-5-10)13-17-14(19-18-13)12-3-1-2-8-16-12/h1-8H,9,15H2,(H,17,18,19). The molecule has 0 saturated heterocycles. The number of aromatic amines is 1. The molecule has 3 rings (SSSR count). The zero-order chi connectivity index (χ0) is 13.1. The summed E-state index contributed by atoms with van der Waals surface area (Å²) in [5.74, 6) is 1.32. The van der Waals surface area contributed by atoms with Crippen LogP contribution in [0.1, 0.15) is 5.56 Å². The first-order valence-electron chi connectivity index (χ1n) is 6.00. The first-order chi connectivity index (χ1) is 9.36. The molecule has 0 aliphatic heterocycles. The Morgan fingerprint density at radius 3 is 2.58 bits per heavy atom. The highest BCUT2D eigenvalue weighted by molar-refractivity contribution is 5.59. The van der Waals surface area contributed by atoms with E-state index in [1.54, 1.807) is 6.20 Å². The van der Waals surface area contributed by atoms with E-state index in [1.807, 2.05) is 42.5 Å². The van der Waals surface area contributed by atoms with Gasteiger partial charge in [-0.1, -0.05) is 30.3 Å². The Morgan fingerprint density at radius 1 is 1.05 bits per heavy atom. The number of pyridine rings is 1. The molecule has 94 valence electrons. The van der Waals surface area contributed by atoms with Gasteiger partial charge in [0.15, 0.2) is 11.6 Å². The molecule has 0 unspecified atom stereocenters. The molecular weight excluding hydrogens is 238 g/mol. The fourth-order valence-electron chi connectivity index (χ4n) is 1.80. The summed E-state index contributed by atoms with van der Waals surface area (Å²) in [7, 11) is 0. The highest BCUT2D eigenvalue weighted by atomic mass is 15.2. The molecule has 3 N–H and O–H groups in total. The van der Waals surface area contributed by atoms with Crippen LogP contribution >= 0.6 is 0 Å². The molecule has 0 aliphatic rings. The van der Waals surface area contributed by atoms with E-state index in [1.165, 1.54) is 0 Å². The van der Waals surface area contributed by atoms with Crippen LogP contribution in [0.15, 0.2) is 48.7 Å². The summed E-state index contributed by atoms with van der Waals surface area (Å²) in [4.78, 5) is 8.68. The van der Waals surface area contributed by atoms with Gasteiger partial charge in [0.05, 0.1) is 0 Å². The molecule has 5 nitrogen and oxygen atoms in total. The van der Waals surface area contributed by atoms with Crippen LogP contribution in [-0.2, 0) is 6.54 Å². The lowest BCUT2D eigenvalue weighted by Crippen LogP contribution is -1.95. The minimum atomic E-state index is 0.535. The van der Waals surface area contributed by atoms with Gasteiger partial charge in [-0.15, -0.1) is 0 Å². The highest BCUT2D eigenvalue weighted by Crippen LogP contribution is 2.18. The van der Waals surface area contributed by atoms with Gasteiger partial charge in [0, 0.05) is 18.3 Å². The lowest BCUT2D eigenvalue weighted by molar-refractivity contribution is 1.07. The second-order valence-electron chi connectivity index (χ2n) is 4.12. The third-order valence-corrected chi connectivity index (χ3v) is 2.84. The number of benzene rings is 1. The van der Waals surface area contributed by atoms with Gasteiger partial charge in [-0.05, 0) is 17.7 Å². The van der Waals surface area contributed by atoms with Gasteiger partial charge in [-0.25, -0.2) is 4.98 Å². The van der Waals surface area contributed by atoms with Crippen molar-refractivity contribution in [2.45, 2.75) is 6.54 Å². The fourth-order valence-corrected chi connectivity index (χ4v) is 1.80. The number of nitrogens with two attached hydrogens (primary N) is 1. The van der Waals surface area contributed by atoms with Gasteiger partial charge in [-0.2, -0.15) is 5.10 Å². The average molecular weight is 251 g/mol. The predicted molar refractivity (Wildman–Crippen MR) is 72.9 cm³/mol. The fraction of sp³-hybridized carbons (Fsp3) is 0.0714. The van der Waals surface area contributed by atoms with Crippen molar-refractivity contribution in [3.63, 3.8) is 0 Å². The van der Waals surface area contributed by atoms with E-state index >= 15 is 0 Å². The molecule has 0 amide bonds. The minimum absolute atomic E-state index is 0.535. The number of rotatable bonds is 3. The van der Waals surface area contributed by atoms with Gasteiger partial charge >= 0.3 is 0 Å². The zero-order valence-corrected chi connectivity index (χ0v) is 10.2. The highest BCUT2D eigenvalue weighted by Gasteiger charge is 2.07. The van der Waals surface area contributed by atoms with E-state index < -0.39 is 0 Å². The summed E-state index contributed by atoms with van der Waals surface area (Å²) >= 11 is 0. The predicted octanol–water partition coefficient (Wildman–Crippen LogP) is 1.99. The second-order valence-corrected chi connectivity index (χ2v) is 4.12. The molecule has 2 aromatic heterocycles. The monoisotopic (exact) mass is 251 g/mol. The molecule has 0 radical (unpaired) electrons. The molecule has 3 aromatic rings. The Morgan fingerprint density at radius 2 is 1.89 bits per heavy atom. The second kappa shape index (κ2) is 4.99. The Labute approximate surface area is 110 Å². The van der Waals surface area contributed by atoms with Gasteiger partial charge in [0.25, 0.3) is 0 Å². The van der Waals surface area contributed by atoms with E-state index in [0.29, 0.717) is 18.2 Å². The van der Waals surface area contributed by atoms with Crippen molar-refractivity contribution in [2.75, 3.05) is 0 Å². The summed E-state index contributed by atoms with van der Waals surface area (Å²) in [5.41, 5.74) is 8.39. The number of hydrogen-bond donors (Lipinski definition) is 2. The maximum Gasteiger partial charge on any atom is 0.181 e. The third-order valence-electron chi connectivity index (χ3n) is 2.84. The molecule has 1 aromatic carbocycles. The van der Waals surface area contributed by atoms with E-state index in [9.17, 15) is 0 Å². The molecule has 0 spiro atoms. The summed E-state index contributed by atoms with van der Waals surface area (Å²) in [6.45, 7) is 0.535. The van der Waals surface area contributed by atoms with Crippen molar-refractivity contribution < 1.29 is 0 Å². The Bertz CT molecular complexity index is 658. The summed E-state index contributed by atoms with van der Waals surface area (Å²) in [5, 5.41) is 7.11. The van der Waals surface area contributed by atoms with E-state index in [0.717, 1.165) is 16.8 Å². The van der Waals surface area contributed by atoms with Crippen molar-refractivity contribution in [1.29, 1.82) is 0 Å². The smallest absolute Gasteiger partial charge is 0.181 e. The molecule has 19 heavy (non-hydrogen) atoms. The van der Waals surface area contributed by atoms with E-state index in [-0.39, 0.29) is 0 Å². The molecule has 0 saturated carbocycles. The number of H-pyrrole nitrogens is 1. The maximum atomic E-state index is 5.57. The van der Waals surface area contributed by atoms with Crippen LogP contribution in [0.4, 0.5) is 0 Å². The number of aromatic nitrogens is 4. The van der Waals surface area contributed by atoms with Crippen molar-refractivity contribution in [2.24, 2.45) is 5.73 Å². The summed E-state index contributed by atoms with van der Waals surface area (Å²) in [6, 6.07) is 13.6. The molecule has 0 aliphatic carbocycles. The number of nitrogens with one attached hydrogen (secondary N) is 1. The van der Waals surface area contributed by atoms with Crippen LogP contribution < -0.4 is 5.73 Å². The Kier molecular flexibility index (Phi) is 3.04. The Hall–Kier alpha value is -2.53. The van der Waals surface area contributed by atoms with Crippen molar-refractivity contribution in [1.82, 2.24) is 20.2 Å². The molecule has 2 heterocycles. The topological polar surface area (TPSA) is 80.5 Å². The minimum Gasteiger partial charge on any atom is -0.326 e. The maximum absolute atomic E-state index is 5.57. The van der Waals surface area contributed by atoms with Crippen molar-refractivity contribution >= 4 is 0 Å². The van der Waals surface area contributed by atoms with E-state index in [4.69, 9.17) is 5.73 Å². The first-order valence-corrected chi connectivity index (χ1v) is 6.00. The van der Waals surface area contributed by atoms with Gasteiger partial charge in [0.2, 0.25) is 0 Å². The number of hydrogen-bond acceptors (Lipinski definition) is 4. The summed E-state index contributed by atoms with van der Waals surface area (Å²) in [6.07, 6.45) is 1.73. The lowest BCUT2D eigenvalue weighted by atomic mass is 10.1. The largest absolute Gasteiger partial charge is 0.326 e. The third kappa shape index (κ3) is 2.36. The molecule has 0 fully saturated rings. The van der Waals surface area contributed by atoms with Crippen molar-refractivity contribution in [3.05, 3.63) is 54.2 Å². The Balaban J connectivity index is 1.92. The zero-order valence-electron chi connectivity index (χ0n) is 10.2. The summed E-state index contributed by atoms with van der Waals surface area (Å²) < 4.78 is 0. The molecule has 0 atom stereocenters. The lowest BCUT2D eigenvalue weighted by Gasteiger charge is -1.97. The number of nitrogens with zero attached hydrogens (tertiary/aromatic N) is 3. The molecular formula is C14H13N5. The average Bonchev–Trinajstić information content (AvgIpc) is 2.98. The van der Waals surface area contributed by atoms with Crippen LogP contribution in [0.5, 0.6) is 0 Å². The van der Waals surface area contributed by atoms with Crippen LogP contribution in [-0.4, -0.2) is 20.2 Å². The van der Waals surface area contributed by atoms with Gasteiger partial charge < -0.3 is 5.73 Å². The SMILES string of the molecule is NCc1ccc(-c2n[nH]c(-c3ccccn3)n2)cc1. The van der Waals surface area contributed by atoms with Crippen LogP contribution in [0, 0.1) is 0 Å². The van der Waals surface area contributed by atoms with Crippen LogP contribution in [0.3, 0.4) is 0 Å². The quantitative estimate of drug-likeness (QED) is 0.746. The van der Waals surface area contributed by atoms with Gasteiger partial charge in [0.1, 0.15) is 5.69 Å². The van der Waals surface area contributed by atoms with E-state index in [2.05, 4.69) is 20.2 Å². The van der Waals surface area contributed by atoms with Crippen LogP contribution in [0.2, 0.25) is 0 Å². The molecule has 5 heteroatoms. The van der Waals surface area contributed by atoms with Crippen LogP contribution in [0.25, 0.3) is 22.9 Å². The molecule has 0 bridgehead atoms. The first kappa shape index (κ1) is 11.6. The van der Waals surface area contributed by atoms with Crippen molar-refractivity contribution in [3.8, 4) is 22.9 Å². The normalized spacial score (nSPS) is 10.6.